The van der Waals surface area contributed by atoms with E-state index >= 15 is 0 Å². The van der Waals surface area contributed by atoms with E-state index in [0.717, 1.165) is 0 Å². The molecule has 140 valence electrons. The molecule has 1 amide bonds. The molecule has 1 aliphatic heterocycles. The number of carbonyl (C=O) groups is 1. The van der Waals surface area contributed by atoms with Gasteiger partial charge in [0, 0.05) is 37.2 Å². The summed E-state index contributed by atoms with van der Waals surface area (Å²) in [5.74, 6) is 0. The lowest BCUT2D eigenvalue weighted by atomic mass is 10.1. The van der Waals surface area contributed by atoms with Crippen molar-refractivity contribution in [3.8, 4) is 0 Å². The van der Waals surface area contributed by atoms with Gasteiger partial charge in [-0.2, -0.15) is 13.2 Å². The average molecular weight is 423 g/mol. The van der Waals surface area contributed by atoms with Crippen molar-refractivity contribution in [3.63, 3.8) is 0 Å². The number of ether oxygens (including phenoxy) is 1. The Morgan fingerprint density at radius 2 is 1.76 bits per heavy atom. The van der Waals surface area contributed by atoms with Crippen molar-refractivity contribution in [3.05, 3.63) is 33.8 Å². The molecule has 1 heterocycles. The van der Waals surface area contributed by atoms with E-state index in [9.17, 15) is 18.0 Å². The van der Waals surface area contributed by atoms with Crippen molar-refractivity contribution >= 4 is 22.0 Å². The summed E-state index contributed by atoms with van der Waals surface area (Å²) in [6, 6.07) is 4.49. The molecular weight excluding hydrogens is 401 g/mol. The van der Waals surface area contributed by atoms with Gasteiger partial charge in [-0.25, -0.2) is 4.79 Å². The molecule has 1 aromatic carbocycles. The normalized spacial score (nSPS) is 16.8. The fourth-order valence-corrected chi connectivity index (χ4v) is 3.31. The van der Waals surface area contributed by atoms with Crippen LogP contribution in [0.5, 0.6) is 0 Å². The van der Waals surface area contributed by atoms with E-state index in [0.29, 0.717) is 26.2 Å². The predicted octanol–water partition coefficient (Wildman–Crippen LogP) is 4.52. The van der Waals surface area contributed by atoms with Crippen LogP contribution < -0.4 is 0 Å². The van der Waals surface area contributed by atoms with Gasteiger partial charge in [0.25, 0.3) is 0 Å². The van der Waals surface area contributed by atoms with Crippen molar-refractivity contribution in [1.29, 1.82) is 0 Å². The summed E-state index contributed by atoms with van der Waals surface area (Å²) in [5.41, 5.74) is -0.969. The third kappa shape index (κ3) is 5.60. The summed E-state index contributed by atoms with van der Waals surface area (Å²) in [5, 5.41) is 0. The third-order valence-corrected chi connectivity index (χ3v) is 4.46. The number of benzene rings is 1. The highest BCUT2D eigenvalue weighted by molar-refractivity contribution is 9.10. The first-order chi connectivity index (χ1) is 11.5. The maximum absolute atomic E-state index is 13.3. The Kier molecular flexibility index (Phi) is 6.04. The van der Waals surface area contributed by atoms with Crippen LogP contribution in [0.3, 0.4) is 0 Å². The van der Waals surface area contributed by atoms with Crippen LogP contribution in [0, 0.1) is 0 Å². The van der Waals surface area contributed by atoms with Crippen LogP contribution in [0.2, 0.25) is 0 Å². The summed E-state index contributed by atoms with van der Waals surface area (Å²) in [7, 11) is 0. The molecule has 1 fully saturated rings. The molecule has 8 heteroatoms. The Hall–Kier alpha value is -1.28. The van der Waals surface area contributed by atoms with E-state index in [1.165, 1.54) is 12.1 Å². The molecule has 0 aromatic heterocycles. The number of piperazine rings is 1. The Morgan fingerprint density at radius 1 is 1.16 bits per heavy atom. The quantitative estimate of drug-likeness (QED) is 0.702. The number of rotatable bonds is 2. The van der Waals surface area contributed by atoms with Gasteiger partial charge < -0.3 is 9.64 Å². The minimum absolute atomic E-state index is 0.0462. The minimum Gasteiger partial charge on any atom is -0.444 e. The van der Waals surface area contributed by atoms with Gasteiger partial charge in [0.1, 0.15) is 5.60 Å². The first-order valence-corrected chi connectivity index (χ1v) is 8.81. The van der Waals surface area contributed by atoms with Gasteiger partial charge in [0.2, 0.25) is 0 Å². The molecule has 0 atom stereocenters. The van der Waals surface area contributed by atoms with Gasteiger partial charge in [-0.1, -0.05) is 28.1 Å². The number of hydrogen-bond acceptors (Lipinski definition) is 3. The zero-order chi connectivity index (χ0) is 18.8. The molecule has 0 unspecified atom stereocenters. The van der Waals surface area contributed by atoms with Crippen LogP contribution in [0.1, 0.15) is 31.9 Å². The maximum atomic E-state index is 13.3. The van der Waals surface area contributed by atoms with Gasteiger partial charge in [-0.15, -0.1) is 0 Å². The van der Waals surface area contributed by atoms with Gasteiger partial charge in [0.15, 0.2) is 0 Å². The first-order valence-electron chi connectivity index (χ1n) is 8.02. The van der Waals surface area contributed by atoms with E-state index in [-0.39, 0.29) is 22.7 Å². The fourth-order valence-electron chi connectivity index (χ4n) is 2.67. The van der Waals surface area contributed by atoms with E-state index in [2.05, 4.69) is 15.9 Å². The second kappa shape index (κ2) is 7.53. The maximum Gasteiger partial charge on any atom is 0.417 e. The van der Waals surface area contributed by atoms with E-state index in [1.807, 2.05) is 4.90 Å². The average Bonchev–Trinajstić information content (AvgIpc) is 2.44. The van der Waals surface area contributed by atoms with Crippen LogP contribution in [0.4, 0.5) is 18.0 Å². The molecule has 0 saturated carbocycles. The number of carbonyl (C=O) groups excluding carboxylic acids is 1. The fraction of sp³-hybridized carbons (Fsp3) is 0.588. The van der Waals surface area contributed by atoms with Gasteiger partial charge >= 0.3 is 12.3 Å². The zero-order valence-corrected chi connectivity index (χ0v) is 16.1. The van der Waals surface area contributed by atoms with Gasteiger partial charge in [-0.05, 0) is 32.4 Å². The Morgan fingerprint density at radius 3 is 2.28 bits per heavy atom. The van der Waals surface area contributed by atoms with Crippen LogP contribution >= 0.6 is 15.9 Å². The highest BCUT2D eigenvalue weighted by Gasteiger charge is 2.36. The Bertz CT molecular complexity index is 621. The summed E-state index contributed by atoms with van der Waals surface area (Å²) in [6.07, 6.45) is -4.79. The number of alkyl halides is 3. The zero-order valence-electron chi connectivity index (χ0n) is 14.5. The SMILES string of the molecule is CC(C)(C)OC(=O)N1CCN(Cc2cccc(Br)c2C(F)(F)F)CC1. The molecule has 0 radical (unpaired) electrons. The summed E-state index contributed by atoms with van der Waals surface area (Å²) < 4.78 is 45.2. The van der Waals surface area contributed by atoms with Crippen LogP contribution in [-0.2, 0) is 17.5 Å². The van der Waals surface area contributed by atoms with Crippen molar-refractivity contribution < 1.29 is 22.7 Å². The van der Waals surface area contributed by atoms with E-state index in [1.54, 1.807) is 31.7 Å². The minimum atomic E-state index is -4.41. The standard InChI is InChI=1S/C17H22BrF3N2O2/c1-16(2,3)25-15(24)23-9-7-22(8-10-23)11-12-5-4-6-13(18)14(12)17(19,20)21/h4-6H,7-11H2,1-3H3. The molecule has 4 nitrogen and oxygen atoms in total. The predicted molar refractivity (Wildman–Crippen MR) is 92.2 cm³/mol. The second-order valence-electron chi connectivity index (χ2n) is 7.02. The Balaban J connectivity index is 2.00. The summed E-state index contributed by atoms with van der Waals surface area (Å²) >= 11 is 3.00. The van der Waals surface area contributed by atoms with E-state index in [4.69, 9.17) is 4.74 Å². The molecule has 1 aromatic rings. The molecule has 0 N–H and O–H groups in total. The van der Waals surface area contributed by atoms with Gasteiger partial charge in [-0.3, -0.25) is 4.90 Å². The van der Waals surface area contributed by atoms with Crippen LogP contribution in [0.15, 0.2) is 22.7 Å². The number of halogens is 4. The molecule has 0 spiro atoms. The monoisotopic (exact) mass is 422 g/mol. The lowest BCUT2D eigenvalue weighted by molar-refractivity contribution is -0.139. The number of nitrogens with zero attached hydrogens (tertiary/aromatic N) is 2. The largest absolute Gasteiger partial charge is 0.444 e. The number of hydrogen-bond donors (Lipinski definition) is 0. The first kappa shape index (κ1) is 20.0. The van der Waals surface area contributed by atoms with Gasteiger partial charge in [0.05, 0.1) is 5.56 Å². The van der Waals surface area contributed by atoms with Crippen LogP contribution in [0.25, 0.3) is 0 Å². The topological polar surface area (TPSA) is 32.8 Å². The molecular formula is C17H22BrF3N2O2. The van der Waals surface area contributed by atoms with Crippen molar-refractivity contribution in [1.82, 2.24) is 9.80 Å². The molecule has 1 saturated heterocycles. The smallest absolute Gasteiger partial charge is 0.417 e. The second-order valence-corrected chi connectivity index (χ2v) is 7.87. The highest BCUT2D eigenvalue weighted by Crippen LogP contribution is 2.37. The lowest BCUT2D eigenvalue weighted by Crippen LogP contribution is -2.49. The van der Waals surface area contributed by atoms with Crippen molar-refractivity contribution in [2.75, 3.05) is 26.2 Å². The van der Waals surface area contributed by atoms with Crippen molar-refractivity contribution in [2.45, 2.75) is 39.1 Å². The lowest BCUT2D eigenvalue weighted by Gasteiger charge is -2.36. The van der Waals surface area contributed by atoms with E-state index < -0.39 is 17.3 Å². The summed E-state index contributed by atoms with van der Waals surface area (Å²) in [4.78, 5) is 15.5. The molecule has 2 rings (SSSR count). The molecule has 0 aliphatic carbocycles. The van der Waals surface area contributed by atoms with Crippen LogP contribution in [-0.4, -0.2) is 47.7 Å². The Labute approximate surface area is 154 Å². The highest BCUT2D eigenvalue weighted by atomic mass is 79.9. The van der Waals surface area contributed by atoms with Crippen molar-refractivity contribution in [2.24, 2.45) is 0 Å². The molecule has 0 bridgehead atoms. The molecule has 25 heavy (non-hydrogen) atoms. The molecule has 1 aliphatic rings. The summed E-state index contributed by atoms with van der Waals surface area (Å²) in [6.45, 7) is 7.46. The number of amides is 1. The third-order valence-electron chi connectivity index (χ3n) is 3.80.